The van der Waals surface area contributed by atoms with Crippen LogP contribution >= 0.6 is 0 Å². The highest BCUT2D eigenvalue weighted by molar-refractivity contribution is 7.89. The maximum absolute atomic E-state index is 12.2. The van der Waals surface area contributed by atoms with Crippen molar-refractivity contribution in [3.05, 3.63) is 41.7 Å². The van der Waals surface area contributed by atoms with E-state index in [0.717, 1.165) is 18.7 Å². The summed E-state index contributed by atoms with van der Waals surface area (Å²) >= 11 is 0. The Balaban J connectivity index is 1.78. The average molecular weight is 335 g/mol. The van der Waals surface area contributed by atoms with Gasteiger partial charge in [-0.1, -0.05) is 0 Å². The quantitative estimate of drug-likeness (QED) is 0.882. The number of carbonyl (C=O) groups is 1. The lowest BCUT2D eigenvalue weighted by Crippen LogP contribution is -2.18. The normalized spacial score (nSPS) is 13.9. The molecule has 0 atom stereocenters. The van der Waals surface area contributed by atoms with E-state index in [9.17, 15) is 13.2 Å². The van der Waals surface area contributed by atoms with Crippen LogP contribution in [0.5, 0.6) is 0 Å². The van der Waals surface area contributed by atoms with Crippen LogP contribution < -0.4 is 14.9 Å². The highest BCUT2D eigenvalue weighted by atomic mass is 32.2. The molecule has 0 spiro atoms. The van der Waals surface area contributed by atoms with E-state index in [4.69, 9.17) is 4.42 Å². The number of hydrogen-bond acceptors (Lipinski definition) is 5. The Bertz CT molecular complexity index is 857. The minimum absolute atomic E-state index is 0.0589. The third-order valence-electron chi connectivity index (χ3n) is 3.80. The minimum Gasteiger partial charge on any atom is -0.438 e. The topological polar surface area (TPSA) is 91.6 Å². The van der Waals surface area contributed by atoms with E-state index in [1.807, 2.05) is 25.2 Å². The summed E-state index contributed by atoms with van der Waals surface area (Å²) in [6.45, 7) is 0.955. The molecule has 1 aliphatic heterocycles. The van der Waals surface area contributed by atoms with E-state index in [1.54, 1.807) is 0 Å². The van der Waals surface area contributed by atoms with E-state index in [0.29, 0.717) is 5.69 Å². The molecule has 2 N–H and O–H groups in total. The lowest BCUT2D eigenvalue weighted by molar-refractivity contribution is 0.0991. The van der Waals surface area contributed by atoms with Gasteiger partial charge in [-0.2, -0.15) is 0 Å². The van der Waals surface area contributed by atoms with Crippen molar-refractivity contribution in [2.24, 2.45) is 0 Å². The fraction of sp³-hybridized carbons (Fsp3) is 0.267. The van der Waals surface area contributed by atoms with Crippen molar-refractivity contribution < 1.29 is 17.6 Å². The van der Waals surface area contributed by atoms with Gasteiger partial charge in [0.2, 0.25) is 5.09 Å². The number of hydrogen-bond donors (Lipinski definition) is 2. The lowest BCUT2D eigenvalue weighted by atomic mass is 10.1. The summed E-state index contributed by atoms with van der Waals surface area (Å²) in [6, 6.07) is 8.27. The van der Waals surface area contributed by atoms with Gasteiger partial charge in [0.15, 0.2) is 5.76 Å². The number of likely N-dealkylation sites (N-methyl/N-ethyl adjacent to an activating group) is 1. The van der Waals surface area contributed by atoms with Crippen LogP contribution in [0.3, 0.4) is 0 Å². The summed E-state index contributed by atoms with van der Waals surface area (Å²) in [6.07, 6.45) is 0.931. The van der Waals surface area contributed by atoms with E-state index >= 15 is 0 Å². The molecule has 2 aromatic rings. The van der Waals surface area contributed by atoms with E-state index in [-0.39, 0.29) is 10.9 Å². The van der Waals surface area contributed by atoms with Gasteiger partial charge in [0.05, 0.1) is 0 Å². The first-order chi connectivity index (χ1) is 10.9. The number of nitrogens with zero attached hydrogens (tertiary/aromatic N) is 1. The highest BCUT2D eigenvalue weighted by Gasteiger charge is 2.20. The first-order valence-corrected chi connectivity index (χ1v) is 8.58. The summed E-state index contributed by atoms with van der Waals surface area (Å²) in [7, 11) is -0.399. The Morgan fingerprint density at radius 2 is 2.04 bits per heavy atom. The molecule has 1 aliphatic rings. The number of anilines is 2. The molecular weight excluding hydrogens is 318 g/mol. The zero-order valence-corrected chi connectivity index (χ0v) is 13.6. The third-order valence-corrected chi connectivity index (χ3v) is 5.09. The first kappa shape index (κ1) is 15.6. The van der Waals surface area contributed by atoms with Crippen LogP contribution in [0.25, 0.3) is 0 Å². The molecule has 122 valence electrons. The maximum atomic E-state index is 12.2. The largest absolute Gasteiger partial charge is 0.438 e. The van der Waals surface area contributed by atoms with Gasteiger partial charge in [-0.3, -0.25) is 4.79 Å². The summed E-state index contributed by atoms with van der Waals surface area (Å²) in [5.74, 6) is -0.551. The molecule has 0 bridgehead atoms. The first-order valence-electron chi connectivity index (χ1n) is 7.09. The van der Waals surface area contributed by atoms with Crippen molar-refractivity contribution >= 4 is 27.3 Å². The molecule has 7 nitrogen and oxygen atoms in total. The number of sulfonamides is 1. The molecule has 0 fully saturated rings. The molecule has 1 aromatic carbocycles. The summed E-state index contributed by atoms with van der Waals surface area (Å²) in [5.41, 5.74) is 2.98. The number of nitrogens with one attached hydrogen (secondary N) is 2. The molecule has 0 saturated carbocycles. The van der Waals surface area contributed by atoms with Crippen molar-refractivity contribution in [2.45, 2.75) is 11.5 Å². The molecule has 3 rings (SSSR count). The molecule has 2 heterocycles. The van der Waals surface area contributed by atoms with Gasteiger partial charge in [-0.25, -0.2) is 13.1 Å². The Labute approximate surface area is 134 Å². The van der Waals surface area contributed by atoms with Gasteiger partial charge in [0.25, 0.3) is 15.9 Å². The second kappa shape index (κ2) is 5.71. The van der Waals surface area contributed by atoms with Gasteiger partial charge in [0, 0.05) is 25.0 Å². The molecule has 1 aromatic heterocycles. The Hall–Kier alpha value is -2.32. The maximum Gasteiger partial charge on any atom is 0.291 e. The van der Waals surface area contributed by atoms with Crippen molar-refractivity contribution in [1.82, 2.24) is 4.72 Å². The molecule has 1 amide bonds. The van der Waals surface area contributed by atoms with Gasteiger partial charge >= 0.3 is 0 Å². The van der Waals surface area contributed by atoms with Crippen molar-refractivity contribution in [3.63, 3.8) is 0 Å². The lowest BCUT2D eigenvalue weighted by Gasteiger charge is -2.12. The van der Waals surface area contributed by atoms with Crippen LogP contribution in [0, 0.1) is 0 Å². The van der Waals surface area contributed by atoms with Crippen LogP contribution in [0.2, 0.25) is 0 Å². The SMILES string of the molecule is CNS(=O)(=O)c1ccc(C(=O)Nc2ccc3c(c2)CCN3C)o1. The number of carbonyl (C=O) groups excluding carboxylic acids is 1. The summed E-state index contributed by atoms with van der Waals surface area (Å²) in [5, 5.41) is 2.43. The molecule has 23 heavy (non-hydrogen) atoms. The fourth-order valence-corrected chi connectivity index (χ4v) is 3.17. The van der Waals surface area contributed by atoms with E-state index in [1.165, 1.54) is 24.7 Å². The molecule has 0 radical (unpaired) electrons. The number of benzene rings is 1. The number of furan rings is 1. The zero-order chi connectivity index (χ0) is 16.6. The monoisotopic (exact) mass is 335 g/mol. The van der Waals surface area contributed by atoms with Gasteiger partial charge in [0.1, 0.15) is 0 Å². The average Bonchev–Trinajstić information content (AvgIpc) is 3.15. The Kier molecular flexibility index (Phi) is 3.87. The zero-order valence-electron chi connectivity index (χ0n) is 12.8. The van der Waals surface area contributed by atoms with Crippen LogP contribution in [-0.2, 0) is 16.4 Å². The van der Waals surface area contributed by atoms with Gasteiger partial charge in [-0.15, -0.1) is 0 Å². The van der Waals surface area contributed by atoms with Gasteiger partial charge < -0.3 is 14.6 Å². The minimum atomic E-state index is -3.70. The van der Waals surface area contributed by atoms with Crippen LogP contribution in [0.1, 0.15) is 16.1 Å². The molecular formula is C15H17N3O4S. The van der Waals surface area contributed by atoms with Crippen molar-refractivity contribution in [1.29, 1.82) is 0 Å². The number of rotatable bonds is 4. The predicted octanol–water partition coefficient (Wildman–Crippen LogP) is 1.43. The van der Waals surface area contributed by atoms with E-state index in [2.05, 4.69) is 14.9 Å². The smallest absolute Gasteiger partial charge is 0.291 e. The fourth-order valence-electron chi connectivity index (χ4n) is 2.52. The number of amides is 1. The van der Waals surface area contributed by atoms with Crippen LogP contribution in [0.4, 0.5) is 11.4 Å². The van der Waals surface area contributed by atoms with Crippen LogP contribution in [-0.4, -0.2) is 35.0 Å². The van der Waals surface area contributed by atoms with Crippen molar-refractivity contribution in [3.8, 4) is 0 Å². The van der Waals surface area contributed by atoms with E-state index < -0.39 is 15.9 Å². The Morgan fingerprint density at radius 1 is 1.26 bits per heavy atom. The molecule has 8 heteroatoms. The summed E-state index contributed by atoms with van der Waals surface area (Å²) in [4.78, 5) is 14.3. The predicted molar refractivity (Wildman–Crippen MR) is 86.3 cm³/mol. The number of fused-ring (bicyclic) bond motifs is 1. The second-order valence-corrected chi connectivity index (χ2v) is 7.11. The van der Waals surface area contributed by atoms with Crippen LogP contribution in [0.15, 0.2) is 39.8 Å². The summed E-state index contributed by atoms with van der Waals surface area (Å²) < 4.78 is 30.5. The molecule has 0 unspecified atom stereocenters. The molecule has 0 aliphatic carbocycles. The third kappa shape index (κ3) is 2.95. The Morgan fingerprint density at radius 3 is 2.78 bits per heavy atom. The molecule has 0 saturated heterocycles. The standard InChI is InChI=1S/C15H17N3O4S/c1-16-23(20,21)14-6-5-13(22-14)15(19)17-11-3-4-12-10(9-11)7-8-18(12)2/h3-6,9,16H,7-8H2,1-2H3,(H,17,19). The second-order valence-electron chi connectivity index (χ2n) is 5.30. The van der Waals surface area contributed by atoms with Crippen molar-refractivity contribution in [2.75, 3.05) is 30.9 Å². The van der Waals surface area contributed by atoms with Gasteiger partial charge in [-0.05, 0) is 49.4 Å². The highest BCUT2D eigenvalue weighted by Crippen LogP contribution is 2.29.